The number of hydrogen-bond acceptors (Lipinski definition) is 4. The molecule has 0 radical (unpaired) electrons. The van der Waals surface area contributed by atoms with Gasteiger partial charge in [0.1, 0.15) is 6.33 Å². The van der Waals surface area contributed by atoms with Crippen LogP contribution in [0.1, 0.15) is 24.5 Å². The molecular weight excluding hydrogens is 332 g/mol. The summed E-state index contributed by atoms with van der Waals surface area (Å²) in [4.78, 5) is 20.3. The van der Waals surface area contributed by atoms with Crippen LogP contribution in [-0.4, -0.2) is 32.0 Å². The first-order valence-electron chi connectivity index (χ1n) is 8.21. The van der Waals surface area contributed by atoms with Crippen LogP contribution in [0, 0.1) is 0 Å². The molecule has 0 saturated heterocycles. The largest absolute Gasteiger partial charge is 0.301 e. The van der Waals surface area contributed by atoms with Crippen LogP contribution in [0.2, 0.25) is 0 Å². The summed E-state index contributed by atoms with van der Waals surface area (Å²) >= 11 is 1.80. The first kappa shape index (κ1) is 15.9. The Balaban J connectivity index is 1.70. The topological polar surface area (TPSA) is 51.0 Å². The van der Waals surface area contributed by atoms with Gasteiger partial charge in [-0.05, 0) is 31.2 Å². The standard InChI is InChI=1S/C19H18N4OS/c1-13-14(2)25-17-11-7-6-10-16(17)23(13)19(24)18-20-12-22(21-18)15-8-4-3-5-9-15/h3-14H,1-2H3/t13-,14+/m1/s1. The minimum absolute atomic E-state index is 0.0658. The van der Waals surface area contributed by atoms with Gasteiger partial charge in [-0.3, -0.25) is 4.79 Å². The van der Waals surface area contributed by atoms with Crippen molar-refractivity contribution in [2.45, 2.75) is 30.0 Å². The van der Waals surface area contributed by atoms with Crippen LogP contribution in [0.25, 0.3) is 5.69 Å². The maximum absolute atomic E-state index is 13.1. The van der Waals surface area contributed by atoms with Crippen molar-refractivity contribution in [2.75, 3.05) is 4.90 Å². The van der Waals surface area contributed by atoms with Crippen molar-refractivity contribution in [1.82, 2.24) is 14.8 Å². The first-order chi connectivity index (χ1) is 12.1. The van der Waals surface area contributed by atoms with Gasteiger partial charge in [0.2, 0.25) is 5.82 Å². The van der Waals surface area contributed by atoms with Crippen molar-refractivity contribution in [3.8, 4) is 5.69 Å². The minimum atomic E-state index is -0.165. The highest BCUT2D eigenvalue weighted by Gasteiger charge is 2.35. The fourth-order valence-electron chi connectivity index (χ4n) is 2.95. The maximum Gasteiger partial charge on any atom is 0.298 e. The summed E-state index contributed by atoms with van der Waals surface area (Å²) in [5.74, 6) is 0.0476. The molecule has 0 saturated carbocycles. The summed E-state index contributed by atoms with van der Waals surface area (Å²) in [5, 5.41) is 4.70. The quantitative estimate of drug-likeness (QED) is 0.705. The highest BCUT2D eigenvalue weighted by atomic mass is 32.2. The Hall–Kier alpha value is -2.60. The molecule has 0 aliphatic carbocycles. The van der Waals surface area contributed by atoms with Gasteiger partial charge in [0.05, 0.1) is 11.4 Å². The number of amides is 1. The van der Waals surface area contributed by atoms with E-state index in [1.54, 1.807) is 22.8 Å². The van der Waals surface area contributed by atoms with Gasteiger partial charge in [0.15, 0.2) is 0 Å². The average molecular weight is 350 g/mol. The maximum atomic E-state index is 13.1. The summed E-state index contributed by atoms with van der Waals surface area (Å²) in [6.45, 7) is 4.21. The van der Waals surface area contributed by atoms with E-state index in [0.29, 0.717) is 5.25 Å². The zero-order chi connectivity index (χ0) is 17.4. The lowest BCUT2D eigenvalue weighted by Crippen LogP contribution is -2.46. The van der Waals surface area contributed by atoms with Gasteiger partial charge in [-0.2, -0.15) is 0 Å². The van der Waals surface area contributed by atoms with E-state index in [9.17, 15) is 4.79 Å². The Bertz CT molecular complexity index is 909. The van der Waals surface area contributed by atoms with Crippen molar-refractivity contribution in [3.63, 3.8) is 0 Å². The monoisotopic (exact) mass is 350 g/mol. The Morgan fingerprint density at radius 3 is 2.56 bits per heavy atom. The molecule has 4 rings (SSSR count). The number of benzene rings is 2. The summed E-state index contributed by atoms with van der Waals surface area (Å²) in [7, 11) is 0. The number of hydrogen-bond donors (Lipinski definition) is 0. The number of para-hydroxylation sites is 2. The van der Waals surface area contributed by atoms with Crippen molar-refractivity contribution in [1.29, 1.82) is 0 Å². The van der Waals surface area contributed by atoms with Gasteiger partial charge < -0.3 is 4.90 Å². The van der Waals surface area contributed by atoms with E-state index in [1.165, 1.54) is 0 Å². The molecule has 2 atom stereocenters. The molecule has 25 heavy (non-hydrogen) atoms. The van der Waals surface area contributed by atoms with E-state index in [4.69, 9.17) is 0 Å². The zero-order valence-electron chi connectivity index (χ0n) is 14.0. The molecular formula is C19H18N4OS. The molecule has 1 aromatic heterocycles. The van der Waals surface area contributed by atoms with Gasteiger partial charge in [-0.1, -0.05) is 37.3 Å². The SMILES string of the molecule is C[C@@H]1Sc2ccccc2N(C(=O)c2ncn(-c3ccccc3)n2)[C@@H]1C. The number of anilines is 1. The molecule has 0 fully saturated rings. The van der Waals surface area contributed by atoms with Crippen molar-refractivity contribution in [2.24, 2.45) is 0 Å². The molecule has 1 aliphatic rings. The Kier molecular flexibility index (Phi) is 4.05. The normalized spacial score (nSPS) is 19.5. The number of carbonyl (C=O) groups excluding carboxylic acids is 1. The van der Waals surface area contributed by atoms with E-state index < -0.39 is 0 Å². The summed E-state index contributed by atoms with van der Waals surface area (Å²) in [6, 6.07) is 17.7. The predicted octanol–water partition coefficient (Wildman–Crippen LogP) is 3.80. The van der Waals surface area contributed by atoms with E-state index in [0.717, 1.165) is 16.3 Å². The Morgan fingerprint density at radius 1 is 1.04 bits per heavy atom. The first-order valence-corrected chi connectivity index (χ1v) is 9.09. The third kappa shape index (κ3) is 2.82. The Morgan fingerprint density at radius 2 is 1.76 bits per heavy atom. The van der Waals surface area contributed by atoms with E-state index in [-0.39, 0.29) is 17.8 Å². The molecule has 2 aromatic carbocycles. The molecule has 1 amide bonds. The number of fused-ring (bicyclic) bond motifs is 1. The van der Waals surface area contributed by atoms with Crippen LogP contribution in [0.15, 0.2) is 65.8 Å². The van der Waals surface area contributed by atoms with E-state index >= 15 is 0 Å². The fourth-order valence-corrected chi connectivity index (χ4v) is 4.12. The van der Waals surface area contributed by atoms with Crippen molar-refractivity contribution < 1.29 is 4.79 Å². The molecule has 0 bridgehead atoms. The molecule has 0 spiro atoms. The molecule has 6 heteroatoms. The van der Waals surface area contributed by atoms with Crippen LogP contribution >= 0.6 is 11.8 Å². The van der Waals surface area contributed by atoms with Crippen LogP contribution < -0.4 is 4.90 Å². The number of rotatable bonds is 2. The van der Waals surface area contributed by atoms with Gasteiger partial charge in [0, 0.05) is 16.2 Å². The van der Waals surface area contributed by atoms with E-state index in [1.807, 2.05) is 53.4 Å². The molecule has 126 valence electrons. The summed E-state index contributed by atoms with van der Waals surface area (Å²) < 4.78 is 1.63. The van der Waals surface area contributed by atoms with Crippen LogP contribution in [0.3, 0.4) is 0 Å². The average Bonchev–Trinajstić information content (AvgIpc) is 3.13. The molecule has 0 N–H and O–H groups in total. The molecule has 0 unspecified atom stereocenters. The highest BCUT2D eigenvalue weighted by Crippen LogP contribution is 2.41. The number of aromatic nitrogens is 3. The predicted molar refractivity (Wildman–Crippen MR) is 99.4 cm³/mol. The second-order valence-electron chi connectivity index (χ2n) is 6.05. The molecule has 2 heterocycles. The lowest BCUT2D eigenvalue weighted by Gasteiger charge is -2.38. The van der Waals surface area contributed by atoms with Gasteiger partial charge in [-0.25, -0.2) is 9.67 Å². The van der Waals surface area contributed by atoms with Gasteiger partial charge in [-0.15, -0.1) is 16.9 Å². The second kappa shape index (κ2) is 6.37. The third-order valence-electron chi connectivity index (χ3n) is 4.45. The van der Waals surface area contributed by atoms with Gasteiger partial charge in [0.25, 0.3) is 5.91 Å². The van der Waals surface area contributed by atoms with Crippen LogP contribution in [0.5, 0.6) is 0 Å². The second-order valence-corrected chi connectivity index (χ2v) is 7.47. The third-order valence-corrected chi connectivity index (χ3v) is 5.81. The van der Waals surface area contributed by atoms with Crippen LogP contribution in [-0.2, 0) is 0 Å². The molecule has 1 aliphatic heterocycles. The number of nitrogens with zero attached hydrogens (tertiary/aromatic N) is 4. The molecule has 5 nitrogen and oxygen atoms in total. The lowest BCUT2D eigenvalue weighted by atomic mass is 10.1. The van der Waals surface area contributed by atoms with Crippen molar-refractivity contribution in [3.05, 3.63) is 66.7 Å². The molecule has 3 aromatic rings. The summed E-state index contributed by atoms with van der Waals surface area (Å²) in [6.07, 6.45) is 1.58. The fraction of sp³-hybridized carbons (Fsp3) is 0.211. The number of thioether (sulfide) groups is 1. The minimum Gasteiger partial charge on any atom is -0.301 e. The Labute approximate surface area is 150 Å². The summed E-state index contributed by atoms with van der Waals surface area (Å²) in [5.41, 5.74) is 1.81. The highest BCUT2D eigenvalue weighted by molar-refractivity contribution is 8.00. The van der Waals surface area contributed by atoms with Crippen molar-refractivity contribution >= 4 is 23.4 Å². The smallest absolute Gasteiger partial charge is 0.298 e. The van der Waals surface area contributed by atoms with Gasteiger partial charge >= 0.3 is 0 Å². The zero-order valence-corrected chi connectivity index (χ0v) is 14.9. The van der Waals surface area contributed by atoms with Crippen LogP contribution in [0.4, 0.5) is 5.69 Å². The number of carbonyl (C=O) groups is 1. The lowest BCUT2D eigenvalue weighted by molar-refractivity contribution is 0.0967. The van der Waals surface area contributed by atoms with E-state index in [2.05, 4.69) is 30.0 Å².